The van der Waals surface area contributed by atoms with Gasteiger partial charge in [-0.15, -0.1) is 23.7 Å². The van der Waals surface area contributed by atoms with E-state index in [2.05, 4.69) is 15.6 Å². The number of nitrogens with zero attached hydrogens (tertiary/aromatic N) is 1. The summed E-state index contributed by atoms with van der Waals surface area (Å²) < 4.78 is 1.07. The van der Waals surface area contributed by atoms with Gasteiger partial charge in [0.25, 0.3) is 0 Å². The number of carbonyl (C=O) groups is 2. The van der Waals surface area contributed by atoms with Crippen molar-refractivity contribution in [1.29, 1.82) is 0 Å². The molecule has 0 saturated carbocycles. The minimum absolute atomic E-state index is 0. The van der Waals surface area contributed by atoms with Crippen molar-refractivity contribution in [3.8, 4) is 0 Å². The van der Waals surface area contributed by atoms with Crippen LogP contribution in [-0.2, 0) is 16.0 Å². The number of nitrogens with one attached hydrogen (secondary N) is 2. The Morgan fingerprint density at radius 1 is 1.27 bits per heavy atom. The van der Waals surface area contributed by atoms with Crippen LogP contribution in [0.15, 0.2) is 18.2 Å². The van der Waals surface area contributed by atoms with Crippen molar-refractivity contribution >= 4 is 57.4 Å². The number of fused-ring (bicyclic) bond motifs is 1. The highest BCUT2D eigenvalue weighted by molar-refractivity contribution is 7.18. The molecule has 4 N–H and O–H groups in total. The Balaban J connectivity index is 0.00000242. The van der Waals surface area contributed by atoms with E-state index in [0.29, 0.717) is 18.0 Å². The molecule has 0 saturated heterocycles. The van der Waals surface area contributed by atoms with Crippen molar-refractivity contribution < 1.29 is 9.59 Å². The zero-order valence-corrected chi connectivity index (χ0v) is 14.0. The second kappa shape index (κ2) is 8.89. The van der Waals surface area contributed by atoms with Crippen molar-refractivity contribution in [3.05, 3.63) is 28.2 Å². The summed E-state index contributed by atoms with van der Waals surface area (Å²) in [6.45, 7) is 0.276. The van der Waals surface area contributed by atoms with E-state index in [-0.39, 0.29) is 37.3 Å². The fourth-order valence-corrected chi connectivity index (χ4v) is 2.79. The molecule has 0 atom stereocenters. The first-order chi connectivity index (χ1) is 10.1. The number of rotatable bonds is 6. The topological polar surface area (TPSA) is 97.1 Å². The smallest absolute Gasteiger partial charge is 0.239 e. The molecule has 0 aliphatic carbocycles. The maximum absolute atomic E-state index is 11.5. The molecule has 2 rings (SSSR count). The van der Waals surface area contributed by atoms with Crippen LogP contribution in [0, 0.1) is 0 Å². The number of hydrogen-bond donors (Lipinski definition) is 3. The van der Waals surface area contributed by atoms with Gasteiger partial charge in [-0.3, -0.25) is 9.59 Å². The van der Waals surface area contributed by atoms with Crippen molar-refractivity contribution in [3.63, 3.8) is 0 Å². The van der Waals surface area contributed by atoms with Gasteiger partial charge in [0, 0.05) is 18.0 Å². The SMILES string of the molecule is Cl.NCC(=O)NCC(=O)NCCc1nc2cc(Cl)ccc2s1. The summed E-state index contributed by atoms with van der Waals surface area (Å²) in [5.74, 6) is -0.603. The fraction of sp³-hybridized carbons (Fsp3) is 0.308. The molecule has 0 unspecified atom stereocenters. The van der Waals surface area contributed by atoms with E-state index in [0.717, 1.165) is 15.2 Å². The number of halogens is 2. The van der Waals surface area contributed by atoms with Crippen LogP contribution in [0.1, 0.15) is 5.01 Å². The molecule has 6 nitrogen and oxygen atoms in total. The predicted octanol–water partition coefficient (Wildman–Crippen LogP) is 1.11. The molecular formula is C13H16Cl2N4O2S. The lowest BCUT2D eigenvalue weighted by molar-refractivity contribution is -0.125. The normalized spacial score (nSPS) is 10.1. The van der Waals surface area contributed by atoms with E-state index in [9.17, 15) is 9.59 Å². The van der Waals surface area contributed by atoms with Crippen molar-refractivity contribution in [2.75, 3.05) is 19.6 Å². The number of amides is 2. The number of benzene rings is 1. The summed E-state index contributed by atoms with van der Waals surface area (Å²) in [7, 11) is 0. The Bertz CT molecular complexity index is 663. The Hall–Kier alpha value is -1.41. The van der Waals surface area contributed by atoms with Crippen LogP contribution in [0.3, 0.4) is 0 Å². The Morgan fingerprint density at radius 2 is 2.05 bits per heavy atom. The van der Waals surface area contributed by atoms with E-state index >= 15 is 0 Å². The van der Waals surface area contributed by atoms with Crippen molar-refractivity contribution in [2.45, 2.75) is 6.42 Å². The van der Waals surface area contributed by atoms with E-state index < -0.39 is 0 Å². The molecule has 2 aromatic rings. The van der Waals surface area contributed by atoms with Gasteiger partial charge in [0.1, 0.15) is 0 Å². The minimum atomic E-state index is -0.354. The van der Waals surface area contributed by atoms with Gasteiger partial charge in [-0.05, 0) is 18.2 Å². The number of aromatic nitrogens is 1. The van der Waals surface area contributed by atoms with Gasteiger partial charge in [-0.2, -0.15) is 0 Å². The Labute approximate surface area is 142 Å². The van der Waals surface area contributed by atoms with Gasteiger partial charge in [0.05, 0.1) is 28.3 Å². The third-order valence-electron chi connectivity index (χ3n) is 2.69. The van der Waals surface area contributed by atoms with Gasteiger partial charge in [0.15, 0.2) is 0 Å². The zero-order chi connectivity index (χ0) is 15.2. The predicted molar refractivity (Wildman–Crippen MR) is 90.7 cm³/mol. The number of hydrogen-bond acceptors (Lipinski definition) is 5. The average Bonchev–Trinajstić information content (AvgIpc) is 2.86. The summed E-state index contributed by atoms with van der Waals surface area (Å²) in [5.41, 5.74) is 5.99. The van der Waals surface area contributed by atoms with Crippen molar-refractivity contribution in [1.82, 2.24) is 15.6 Å². The molecule has 9 heteroatoms. The number of nitrogens with two attached hydrogens (primary N) is 1. The Morgan fingerprint density at radius 3 is 2.77 bits per heavy atom. The number of carbonyl (C=O) groups excluding carboxylic acids is 2. The second-order valence-electron chi connectivity index (χ2n) is 4.30. The van der Waals surface area contributed by atoms with E-state index in [1.54, 1.807) is 11.3 Å². The van der Waals surface area contributed by atoms with E-state index in [1.165, 1.54) is 0 Å². The van der Waals surface area contributed by atoms with Gasteiger partial charge in [0.2, 0.25) is 11.8 Å². The summed E-state index contributed by atoms with van der Waals surface area (Å²) in [4.78, 5) is 26.8. The minimum Gasteiger partial charge on any atom is -0.354 e. The maximum Gasteiger partial charge on any atom is 0.239 e. The van der Waals surface area contributed by atoms with Crippen molar-refractivity contribution in [2.24, 2.45) is 5.73 Å². The third-order valence-corrected chi connectivity index (χ3v) is 4.02. The molecule has 22 heavy (non-hydrogen) atoms. The van der Waals surface area contributed by atoms with Crippen LogP contribution in [0.25, 0.3) is 10.2 Å². The molecule has 0 fully saturated rings. The number of thiazole rings is 1. The first-order valence-corrected chi connectivity index (χ1v) is 7.56. The van der Waals surface area contributed by atoms with Crippen LogP contribution in [0.2, 0.25) is 5.02 Å². The second-order valence-corrected chi connectivity index (χ2v) is 5.85. The van der Waals surface area contributed by atoms with Crippen LogP contribution in [0.4, 0.5) is 0 Å². The molecular weight excluding hydrogens is 347 g/mol. The summed E-state index contributed by atoms with van der Waals surface area (Å²) >= 11 is 7.48. The third kappa shape index (κ3) is 5.42. The molecule has 2 amide bonds. The molecule has 1 aromatic heterocycles. The molecule has 0 bridgehead atoms. The van der Waals surface area contributed by atoms with Crippen LogP contribution in [-0.4, -0.2) is 36.4 Å². The average molecular weight is 363 g/mol. The largest absolute Gasteiger partial charge is 0.354 e. The van der Waals surface area contributed by atoms with E-state index in [1.807, 2.05) is 18.2 Å². The lowest BCUT2D eigenvalue weighted by Gasteiger charge is -2.04. The summed E-state index contributed by atoms with van der Waals surface area (Å²) in [6.07, 6.45) is 0.632. The zero-order valence-electron chi connectivity index (χ0n) is 11.6. The molecule has 1 heterocycles. The first kappa shape index (κ1) is 18.6. The molecule has 0 radical (unpaired) electrons. The van der Waals surface area contributed by atoms with Gasteiger partial charge < -0.3 is 16.4 Å². The van der Waals surface area contributed by atoms with Crippen LogP contribution in [0.5, 0.6) is 0 Å². The van der Waals surface area contributed by atoms with Crippen LogP contribution >= 0.6 is 35.3 Å². The van der Waals surface area contributed by atoms with Gasteiger partial charge in [-0.25, -0.2) is 4.98 Å². The monoisotopic (exact) mass is 362 g/mol. The van der Waals surface area contributed by atoms with Gasteiger partial charge >= 0.3 is 0 Å². The fourth-order valence-electron chi connectivity index (χ4n) is 1.68. The molecule has 120 valence electrons. The standard InChI is InChI=1S/C13H15ClN4O2S.ClH/c14-8-1-2-10-9(5-8)18-13(21-10)3-4-16-12(20)7-17-11(19)6-15;/h1-2,5H,3-4,6-7,15H2,(H,16,20)(H,17,19);1H. The highest BCUT2D eigenvalue weighted by Crippen LogP contribution is 2.24. The molecule has 0 aliphatic rings. The lowest BCUT2D eigenvalue weighted by Crippen LogP contribution is -2.40. The summed E-state index contributed by atoms with van der Waals surface area (Å²) in [6, 6.07) is 5.57. The van der Waals surface area contributed by atoms with E-state index in [4.69, 9.17) is 17.3 Å². The highest BCUT2D eigenvalue weighted by Gasteiger charge is 2.06. The lowest BCUT2D eigenvalue weighted by atomic mass is 10.3. The molecule has 0 spiro atoms. The van der Waals surface area contributed by atoms with Crippen LogP contribution < -0.4 is 16.4 Å². The first-order valence-electron chi connectivity index (χ1n) is 6.37. The van der Waals surface area contributed by atoms with Gasteiger partial charge in [-0.1, -0.05) is 11.6 Å². The molecule has 1 aromatic carbocycles. The molecule has 0 aliphatic heterocycles. The summed E-state index contributed by atoms with van der Waals surface area (Å²) in [5, 5.41) is 6.70. The maximum atomic E-state index is 11.5. The Kier molecular flexibility index (Phi) is 7.53. The quantitative estimate of drug-likeness (QED) is 0.716. The highest BCUT2D eigenvalue weighted by atomic mass is 35.5.